The Labute approximate surface area is 179 Å². The predicted molar refractivity (Wildman–Crippen MR) is 119 cm³/mol. The number of carbonyl (C=O) groups is 2. The molecule has 1 atom stereocenters. The van der Waals surface area contributed by atoms with E-state index >= 15 is 0 Å². The number of unbranched alkanes of at least 4 members (excludes halogenated alkanes) is 1. The van der Waals surface area contributed by atoms with Gasteiger partial charge in [-0.3, -0.25) is 4.79 Å². The number of rotatable bonds is 10. The van der Waals surface area contributed by atoms with E-state index in [2.05, 4.69) is 10.3 Å². The number of hydrogen-bond donors (Lipinski definition) is 5. The van der Waals surface area contributed by atoms with Crippen LogP contribution in [0.1, 0.15) is 35.3 Å². The zero-order chi connectivity index (χ0) is 21.5. The van der Waals surface area contributed by atoms with Crippen LogP contribution in [0.2, 0.25) is 0 Å². The summed E-state index contributed by atoms with van der Waals surface area (Å²) in [6.45, 7) is 0.912. The molecule has 7 N–H and O–H groups in total. The number of benzene rings is 2. The van der Waals surface area contributed by atoms with Crippen molar-refractivity contribution in [1.29, 1.82) is 0 Å². The van der Waals surface area contributed by atoms with Crippen molar-refractivity contribution in [3.05, 3.63) is 59.8 Å². The van der Waals surface area contributed by atoms with Crippen LogP contribution in [0.15, 0.2) is 58.3 Å². The van der Waals surface area contributed by atoms with Crippen LogP contribution in [-0.4, -0.2) is 34.6 Å². The van der Waals surface area contributed by atoms with Crippen molar-refractivity contribution in [1.82, 2.24) is 10.3 Å². The molecule has 1 heterocycles. The van der Waals surface area contributed by atoms with E-state index in [1.165, 1.54) is 11.8 Å². The van der Waals surface area contributed by atoms with E-state index < -0.39 is 12.0 Å². The van der Waals surface area contributed by atoms with E-state index in [9.17, 15) is 14.7 Å². The molecule has 0 saturated carbocycles. The summed E-state index contributed by atoms with van der Waals surface area (Å²) in [4.78, 5) is 28.5. The minimum atomic E-state index is -1.01. The number of carbonyl (C=O) groups excluding carboxylic acids is 1. The summed E-state index contributed by atoms with van der Waals surface area (Å²) >= 11 is 1.41. The van der Waals surface area contributed by atoms with Crippen LogP contribution < -0.4 is 16.8 Å². The third-order valence-electron chi connectivity index (χ3n) is 4.77. The van der Waals surface area contributed by atoms with Crippen molar-refractivity contribution in [2.45, 2.75) is 41.6 Å². The van der Waals surface area contributed by atoms with Crippen molar-refractivity contribution < 1.29 is 14.7 Å². The standard InChI is InChI=1S/C22H26N4O3S/c23-11-5-4-8-17(24)21(27)25-13-14-9-10-16-18(12-14)26-19(22(28)29)20(16)30-15-6-2-1-3-7-15/h1-3,6-7,9-10,12,17,26H,4-5,8,11,13,23-24H2,(H,25,27)(H,28,29). The first-order valence-electron chi connectivity index (χ1n) is 9.83. The van der Waals surface area contributed by atoms with Gasteiger partial charge in [0, 0.05) is 22.3 Å². The number of H-pyrrole nitrogens is 1. The summed E-state index contributed by atoms with van der Waals surface area (Å²) in [7, 11) is 0. The zero-order valence-corrected chi connectivity index (χ0v) is 17.4. The van der Waals surface area contributed by atoms with Gasteiger partial charge in [-0.15, -0.1) is 0 Å². The Morgan fingerprint density at radius 2 is 1.90 bits per heavy atom. The quantitative estimate of drug-likeness (QED) is 0.316. The first-order valence-corrected chi connectivity index (χ1v) is 10.7. The number of amides is 1. The number of aromatic carboxylic acids is 1. The van der Waals surface area contributed by atoms with Gasteiger partial charge in [0.25, 0.3) is 0 Å². The van der Waals surface area contributed by atoms with E-state index in [1.807, 2.05) is 48.5 Å². The average Bonchev–Trinajstić information content (AvgIpc) is 3.10. The Morgan fingerprint density at radius 3 is 2.60 bits per heavy atom. The van der Waals surface area contributed by atoms with Gasteiger partial charge in [-0.1, -0.05) is 48.5 Å². The molecule has 0 aliphatic rings. The molecular formula is C22H26N4O3S. The Bertz CT molecular complexity index is 1020. The number of hydrogen-bond acceptors (Lipinski definition) is 5. The molecule has 3 rings (SSSR count). The Balaban J connectivity index is 1.75. The van der Waals surface area contributed by atoms with E-state index in [4.69, 9.17) is 11.5 Å². The second-order valence-electron chi connectivity index (χ2n) is 7.04. The molecule has 8 heteroatoms. The van der Waals surface area contributed by atoms with E-state index in [0.29, 0.717) is 29.9 Å². The van der Waals surface area contributed by atoms with Gasteiger partial charge < -0.3 is 26.9 Å². The van der Waals surface area contributed by atoms with E-state index in [1.54, 1.807) is 0 Å². The summed E-state index contributed by atoms with van der Waals surface area (Å²) in [6.07, 6.45) is 2.26. The van der Waals surface area contributed by atoms with Crippen LogP contribution in [0, 0.1) is 0 Å². The average molecular weight is 427 g/mol. The van der Waals surface area contributed by atoms with Gasteiger partial charge in [-0.05, 0) is 43.1 Å². The zero-order valence-electron chi connectivity index (χ0n) is 16.6. The second-order valence-corrected chi connectivity index (χ2v) is 8.12. The monoisotopic (exact) mass is 426 g/mol. The van der Waals surface area contributed by atoms with Crippen LogP contribution >= 0.6 is 11.8 Å². The van der Waals surface area contributed by atoms with Crippen LogP contribution in [0.25, 0.3) is 10.9 Å². The molecule has 0 spiro atoms. The normalized spacial score (nSPS) is 12.1. The molecule has 2 aromatic carbocycles. The third kappa shape index (κ3) is 5.41. The number of carboxylic acid groups (broad SMARTS) is 1. The fourth-order valence-electron chi connectivity index (χ4n) is 3.15. The van der Waals surface area contributed by atoms with Gasteiger partial charge >= 0.3 is 5.97 Å². The van der Waals surface area contributed by atoms with Crippen LogP contribution in [0.5, 0.6) is 0 Å². The first kappa shape index (κ1) is 21.9. The first-order chi connectivity index (χ1) is 14.5. The number of fused-ring (bicyclic) bond motifs is 1. The summed E-state index contributed by atoms with van der Waals surface area (Å²) in [5, 5.41) is 13.3. The maximum atomic E-state index is 12.2. The Morgan fingerprint density at radius 1 is 1.13 bits per heavy atom. The molecule has 3 aromatic rings. The molecule has 1 unspecified atom stereocenters. The summed E-state index contributed by atoms with van der Waals surface area (Å²) in [5.41, 5.74) is 13.1. The molecule has 0 bridgehead atoms. The van der Waals surface area contributed by atoms with Gasteiger partial charge in [-0.2, -0.15) is 0 Å². The van der Waals surface area contributed by atoms with Crippen LogP contribution in [0.3, 0.4) is 0 Å². The van der Waals surface area contributed by atoms with Gasteiger partial charge in [0.15, 0.2) is 0 Å². The lowest BCUT2D eigenvalue weighted by Gasteiger charge is -2.12. The topological polar surface area (TPSA) is 134 Å². The highest BCUT2D eigenvalue weighted by Crippen LogP contribution is 2.37. The second kappa shape index (κ2) is 10.3. The fraction of sp³-hybridized carbons (Fsp3) is 0.273. The smallest absolute Gasteiger partial charge is 0.353 e. The number of aromatic nitrogens is 1. The lowest BCUT2D eigenvalue weighted by atomic mass is 10.1. The lowest BCUT2D eigenvalue weighted by Crippen LogP contribution is -2.40. The molecule has 158 valence electrons. The molecule has 30 heavy (non-hydrogen) atoms. The highest BCUT2D eigenvalue weighted by molar-refractivity contribution is 7.99. The molecule has 1 amide bonds. The summed E-state index contributed by atoms with van der Waals surface area (Å²) < 4.78 is 0. The molecule has 0 saturated heterocycles. The number of aromatic amines is 1. The van der Waals surface area contributed by atoms with Crippen molar-refractivity contribution in [2.24, 2.45) is 11.5 Å². The molecule has 0 aliphatic carbocycles. The largest absolute Gasteiger partial charge is 0.477 e. The Hall–Kier alpha value is -2.81. The van der Waals surface area contributed by atoms with E-state index in [-0.39, 0.29) is 11.6 Å². The van der Waals surface area contributed by atoms with Gasteiger partial charge in [0.05, 0.1) is 10.9 Å². The minimum absolute atomic E-state index is 0.155. The number of nitrogens with one attached hydrogen (secondary N) is 2. The molecule has 0 radical (unpaired) electrons. The lowest BCUT2D eigenvalue weighted by molar-refractivity contribution is -0.122. The maximum Gasteiger partial charge on any atom is 0.353 e. The predicted octanol–water partition coefficient (Wildman–Crippen LogP) is 3.09. The molecular weight excluding hydrogens is 400 g/mol. The van der Waals surface area contributed by atoms with Crippen molar-refractivity contribution in [3.63, 3.8) is 0 Å². The molecule has 0 fully saturated rings. The molecule has 0 aliphatic heterocycles. The number of nitrogens with two attached hydrogens (primary N) is 2. The third-order valence-corrected chi connectivity index (χ3v) is 5.90. The van der Waals surface area contributed by atoms with Crippen molar-refractivity contribution in [2.75, 3.05) is 6.54 Å². The molecule has 7 nitrogen and oxygen atoms in total. The van der Waals surface area contributed by atoms with Crippen LogP contribution in [-0.2, 0) is 11.3 Å². The van der Waals surface area contributed by atoms with Crippen LogP contribution in [0.4, 0.5) is 0 Å². The SMILES string of the molecule is NCCCCC(N)C(=O)NCc1ccc2c(Sc3ccccc3)c(C(=O)O)[nH]c2c1. The molecule has 1 aromatic heterocycles. The van der Waals surface area contributed by atoms with Crippen molar-refractivity contribution in [3.8, 4) is 0 Å². The minimum Gasteiger partial charge on any atom is -0.477 e. The Kier molecular flexibility index (Phi) is 7.51. The van der Waals surface area contributed by atoms with E-state index in [0.717, 1.165) is 28.7 Å². The summed E-state index contributed by atoms with van der Waals surface area (Å²) in [6, 6.07) is 14.7. The highest BCUT2D eigenvalue weighted by atomic mass is 32.2. The van der Waals surface area contributed by atoms with Gasteiger partial charge in [0.1, 0.15) is 5.69 Å². The summed E-state index contributed by atoms with van der Waals surface area (Å²) in [5.74, 6) is -1.21. The highest BCUT2D eigenvalue weighted by Gasteiger charge is 2.19. The van der Waals surface area contributed by atoms with Crippen molar-refractivity contribution >= 4 is 34.5 Å². The maximum absolute atomic E-state index is 12.2. The fourth-order valence-corrected chi connectivity index (χ4v) is 4.21. The number of carboxylic acids is 1. The van der Waals surface area contributed by atoms with Gasteiger partial charge in [-0.25, -0.2) is 4.79 Å². The van der Waals surface area contributed by atoms with Gasteiger partial charge in [0.2, 0.25) is 5.91 Å².